The molecule has 21 heavy (non-hydrogen) atoms. The molecule has 4 amide bonds. The van der Waals surface area contributed by atoms with Crippen molar-refractivity contribution in [2.45, 2.75) is 12.0 Å². The van der Waals surface area contributed by atoms with Gasteiger partial charge in [-0.1, -0.05) is 6.07 Å². The molecule has 2 saturated heterocycles. The molecule has 1 unspecified atom stereocenters. The number of para-hydroxylation sites is 1. The molecule has 2 aliphatic rings. The Morgan fingerprint density at radius 3 is 2.81 bits per heavy atom. The molecule has 0 bridgehead atoms. The van der Waals surface area contributed by atoms with Crippen LogP contribution in [0, 0.1) is 0 Å². The Bertz CT molecular complexity index is 660. The summed E-state index contributed by atoms with van der Waals surface area (Å²) in [6, 6.07) is 3.97. The van der Waals surface area contributed by atoms with Crippen LogP contribution in [0.1, 0.15) is 16.8 Å². The molecule has 0 aliphatic carbocycles. The number of carbonyl (C=O) groups excluding carboxylic acids is 3. The number of nitrogens with zero attached hydrogens (tertiary/aromatic N) is 1. The van der Waals surface area contributed by atoms with Crippen LogP contribution in [-0.2, 0) is 4.79 Å². The predicted molar refractivity (Wildman–Crippen MR) is 72.4 cm³/mol. The van der Waals surface area contributed by atoms with Crippen LogP contribution in [0.25, 0.3) is 0 Å². The van der Waals surface area contributed by atoms with E-state index < -0.39 is 23.4 Å². The molecule has 2 heterocycles. The molecular weight excluding hydrogens is 276 g/mol. The second-order valence-electron chi connectivity index (χ2n) is 5.21. The van der Waals surface area contributed by atoms with Crippen molar-refractivity contribution in [3.8, 4) is 5.75 Å². The number of carbonyl (C=O) groups is 3. The van der Waals surface area contributed by atoms with Crippen LogP contribution in [-0.4, -0.2) is 46.5 Å². The molecule has 8 nitrogen and oxygen atoms in total. The number of amides is 4. The first-order valence-electron chi connectivity index (χ1n) is 6.43. The molecule has 3 rings (SSSR count). The Kier molecular flexibility index (Phi) is 2.75. The van der Waals surface area contributed by atoms with Gasteiger partial charge in [0, 0.05) is 6.54 Å². The number of aromatic hydroxyl groups is 1. The quantitative estimate of drug-likeness (QED) is 0.312. The van der Waals surface area contributed by atoms with E-state index in [1.54, 1.807) is 6.07 Å². The van der Waals surface area contributed by atoms with Gasteiger partial charge in [-0.25, -0.2) is 4.79 Å². The van der Waals surface area contributed by atoms with Crippen molar-refractivity contribution in [3.63, 3.8) is 0 Å². The Hall–Kier alpha value is -2.77. The van der Waals surface area contributed by atoms with Crippen LogP contribution in [0.5, 0.6) is 5.75 Å². The van der Waals surface area contributed by atoms with E-state index in [1.807, 2.05) is 0 Å². The third-order valence-corrected chi connectivity index (χ3v) is 3.87. The third kappa shape index (κ3) is 1.95. The van der Waals surface area contributed by atoms with Crippen molar-refractivity contribution < 1.29 is 19.5 Å². The first-order valence-corrected chi connectivity index (χ1v) is 6.43. The summed E-state index contributed by atoms with van der Waals surface area (Å²) < 4.78 is 0. The lowest BCUT2D eigenvalue weighted by atomic mass is 9.99. The number of nitrogens with two attached hydrogens (primary N) is 1. The summed E-state index contributed by atoms with van der Waals surface area (Å²) in [5, 5.41) is 14.6. The van der Waals surface area contributed by atoms with Gasteiger partial charge in [-0.2, -0.15) is 0 Å². The molecular formula is C13H14N4O4. The molecule has 8 heteroatoms. The number of hydrogen-bond donors (Lipinski definition) is 4. The van der Waals surface area contributed by atoms with Crippen LogP contribution in [0.4, 0.5) is 10.5 Å². The summed E-state index contributed by atoms with van der Waals surface area (Å²) in [7, 11) is 0. The summed E-state index contributed by atoms with van der Waals surface area (Å²) in [5.74, 6) is -1.13. The Morgan fingerprint density at radius 1 is 1.38 bits per heavy atom. The van der Waals surface area contributed by atoms with Gasteiger partial charge in [0.25, 0.3) is 11.8 Å². The lowest BCUT2D eigenvalue weighted by Crippen LogP contribution is -2.49. The van der Waals surface area contributed by atoms with Gasteiger partial charge in [-0.3, -0.25) is 14.9 Å². The summed E-state index contributed by atoms with van der Waals surface area (Å²) in [6.45, 7) is 0.373. The number of anilines is 1. The Balaban J connectivity index is 1.83. The summed E-state index contributed by atoms with van der Waals surface area (Å²) in [5.41, 5.74) is 4.70. The standard InChI is InChI=1S/C13H14N4O4/c14-8-3-1-2-7(9(8)18)10(19)17-5-4-13(6-17)11(20)15-12(21)16-13/h1-3,18H,4-6,14H2,(H2,15,16,20,21). The monoisotopic (exact) mass is 290 g/mol. The van der Waals surface area contributed by atoms with Crippen LogP contribution in [0.15, 0.2) is 18.2 Å². The first-order chi connectivity index (χ1) is 9.93. The highest BCUT2D eigenvalue weighted by Crippen LogP contribution is 2.30. The molecule has 2 fully saturated rings. The van der Waals surface area contributed by atoms with E-state index in [1.165, 1.54) is 17.0 Å². The smallest absolute Gasteiger partial charge is 0.322 e. The fourth-order valence-electron chi connectivity index (χ4n) is 2.70. The topological polar surface area (TPSA) is 125 Å². The van der Waals surface area contributed by atoms with Crippen LogP contribution < -0.4 is 16.4 Å². The molecule has 0 saturated carbocycles. The van der Waals surface area contributed by atoms with E-state index in [-0.39, 0.29) is 23.5 Å². The zero-order valence-corrected chi connectivity index (χ0v) is 11.0. The second kappa shape index (κ2) is 4.37. The minimum atomic E-state index is -1.07. The average Bonchev–Trinajstić information content (AvgIpc) is 2.97. The Labute approximate surface area is 119 Å². The zero-order chi connectivity index (χ0) is 15.2. The lowest BCUT2D eigenvalue weighted by molar-refractivity contribution is -0.123. The van der Waals surface area contributed by atoms with Crippen LogP contribution in [0.3, 0.4) is 0 Å². The van der Waals surface area contributed by atoms with Crippen LogP contribution >= 0.6 is 0 Å². The Morgan fingerprint density at radius 2 is 2.14 bits per heavy atom. The summed E-state index contributed by atoms with van der Waals surface area (Å²) in [4.78, 5) is 36.9. The molecule has 1 aromatic carbocycles. The van der Waals surface area contributed by atoms with Gasteiger partial charge < -0.3 is 21.1 Å². The fourth-order valence-corrected chi connectivity index (χ4v) is 2.70. The van der Waals surface area contributed by atoms with E-state index in [0.717, 1.165) is 0 Å². The maximum atomic E-state index is 12.4. The van der Waals surface area contributed by atoms with E-state index in [4.69, 9.17) is 5.73 Å². The average molecular weight is 290 g/mol. The van der Waals surface area contributed by atoms with Gasteiger partial charge in [-0.05, 0) is 18.6 Å². The van der Waals surface area contributed by atoms with E-state index in [0.29, 0.717) is 13.0 Å². The van der Waals surface area contributed by atoms with Crippen molar-refractivity contribution in [1.29, 1.82) is 0 Å². The summed E-state index contributed by atoms with van der Waals surface area (Å²) in [6.07, 6.45) is 0.333. The van der Waals surface area contributed by atoms with Gasteiger partial charge >= 0.3 is 6.03 Å². The normalized spacial score (nSPS) is 24.3. The lowest BCUT2D eigenvalue weighted by Gasteiger charge is -2.21. The highest BCUT2D eigenvalue weighted by atomic mass is 16.3. The van der Waals surface area contributed by atoms with E-state index in [9.17, 15) is 19.5 Å². The van der Waals surface area contributed by atoms with Crippen molar-refractivity contribution in [3.05, 3.63) is 23.8 Å². The minimum absolute atomic E-state index is 0.0671. The molecule has 1 spiro atoms. The van der Waals surface area contributed by atoms with Gasteiger partial charge in [0.2, 0.25) is 0 Å². The summed E-state index contributed by atoms with van der Waals surface area (Å²) >= 11 is 0. The van der Waals surface area contributed by atoms with Crippen molar-refractivity contribution in [1.82, 2.24) is 15.5 Å². The number of urea groups is 1. The van der Waals surface area contributed by atoms with Gasteiger partial charge in [0.05, 0.1) is 17.8 Å². The molecule has 2 aliphatic heterocycles. The number of imide groups is 1. The van der Waals surface area contributed by atoms with Crippen LogP contribution in [0.2, 0.25) is 0 Å². The van der Waals surface area contributed by atoms with Gasteiger partial charge in [0.15, 0.2) is 5.75 Å². The zero-order valence-electron chi connectivity index (χ0n) is 11.0. The molecule has 0 radical (unpaired) electrons. The number of nitrogens with one attached hydrogen (secondary N) is 2. The molecule has 1 aromatic rings. The first kappa shape index (κ1) is 13.2. The predicted octanol–water partition coefficient (Wildman–Crippen LogP) is -0.602. The highest BCUT2D eigenvalue weighted by Gasteiger charge is 2.51. The van der Waals surface area contributed by atoms with Crippen molar-refractivity contribution >= 4 is 23.5 Å². The van der Waals surface area contributed by atoms with Gasteiger partial charge in [-0.15, -0.1) is 0 Å². The van der Waals surface area contributed by atoms with E-state index in [2.05, 4.69) is 10.6 Å². The SMILES string of the molecule is Nc1cccc(C(=O)N2CCC3(C2)NC(=O)NC3=O)c1O. The number of likely N-dealkylation sites (tertiary alicyclic amines) is 1. The van der Waals surface area contributed by atoms with Crippen molar-refractivity contribution in [2.75, 3.05) is 18.8 Å². The van der Waals surface area contributed by atoms with Crippen molar-refractivity contribution in [2.24, 2.45) is 0 Å². The second-order valence-corrected chi connectivity index (χ2v) is 5.21. The number of phenolic OH excluding ortho intramolecular Hbond substituents is 1. The minimum Gasteiger partial charge on any atom is -0.505 e. The molecule has 110 valence electrons. The third-order valence-electron chi connectivity index (χ3n) is 3.87. The number of hydrogen-bond acceptors (Lipinski definition) is 5. The maximum absolute atomic E-state index is 12.4. The van der Waals surface area contributed by atoms with E-state index >= 15 is 0 Å². The maximum Gasteiger partial charge on any atom is 0.322 e. The molecule has 1 atom stereocenters. The number of benzene rings is 1. The van der Waals surface area contributed by atoms with Gasteiger partial charge in [0.1, 0.15) is 5.54 Å². The molecule has 0 aromatic heterocycles. The largest absolute Gasteiger partial charge is 0.505 e. The number of phenols is 1. The molecule has 5 N–H and O–H groups in total. The highest BCUT2D eigenvalue weighted by molar-refractivity contribution is 6.08. The fraction of sp³-hybridized carbons (Fsp3) is 0.308. The number of nitrogen functional groups attached to an aromatic ring is 1. The number of rotatable bonds is 1.